The number of hydrogen-bond acceptors (Lipinski definition) is 1. The zero-order chi connectivity index (χ0) is 14.2. The van der Waals surface area contributed by atoms with Crippen molar-refractivity contribution in [1.29, 1.82) is 0 Å². The molecule has 0 radical (unpaired) electrons. The molecule has 2 aromatic rings. The molecule has 0 fully saturated rings. The van der Waals surface area contributed by atoms with Gasteiger partial charge < -0.3 is 4.57 Å². The second-order valence-electron chi connectivity index (χ2n) is 6.53. The normalized spacial score (nSPS) is 14.0. The zero-order valence-corrected chi connectivity index (χ0v) is 13.3. The van der Waals surface area contributed by atoms with E-state index in [0.717, 1.165) is 17.9 Å². The summed E-state index contributed by atoms with van der Waals surface area (Å²) in [6.07, 6.45) is 0. The van der Waals surface area contributed by atoms with Crippen molar-refractivity contribution in [3.63, 3.8) is 0 Å². The summed E-state index contributed by atoms with van der Waals surface area (Å²) in [4.78, 5) is 4.64. The van der Waals surface area contributed by atoms with Crippen LogP contribution in [0.1, 0.15) is 39.1 Å². The van der Waals surface area contributed by atoms with E-state index >= 15 is 0 Å². The lowest BCUT2D eigenvalue weighted by molar-refractivity contribution is 0.233. The molecule has 1 unspecified atom stereocenters. The van der Waals surface area contributed by atoms with E-state index in [1.165, 1.54) is 11.1 Å². The maximum atomic E-state index is 6.06. The maximum absolute atomic E-state index is 6.06. The van der Waals surface area contributed by atoms with Crippen molar-refractivity contribution in [2.45, 2.75) is 47.0 Å². The van der Waals surface area contributed by atoms with Gasteiger partial charge in [0.2, 0.25) is 0 Å². The Balaban J connectivity index is 2.48. The SMILES string of the molecule is Cc1ccc2nc(CCl)n(CC(C)C(C)(C)C)c2c1. The standard InChI is InChI=1S/C16H23ClN2/c1-11-6-7-13-14(8-11)19(15(9-17)18-13)10-12(2)16(3,4)5/h6-8,12H,9-10H2,1-5H3. The molecule has 0 aliphatic carbocycles. The number of alkyl halides is 1. The summed E-state index contributed by atoms with van der Waals surface area (Å²) in [5.74, 6) is 2.00. The average Bonchev–Trinajstić information content (AvgIpc) is 2.66. The molecule has 104 valence electrons. The third-order valence-corrected chi connectivity index (χ3v) is 4.28. The van der Waals surface area contributed by atoms with E-state index < -0.39 is 0 Å². The summed E-state index contributed by atoms with van der Waals surface area (Å²) >= 11 is 6.06. The quantitative estimate of drug-likeness (QED) is 0.740. The predicted molar refractivity (Wildman–Crippen MR) is 82.6 cm³/mol. The molecule has 0 N–H and O–H groups in total. The van der Waals surface area contributed by atoms with Crippen LogP contribution in [0.25, 0.3) is 11.0 Å². The zero-order valence-electron chi connectivity index (χ0n) is 12.5. The summed E-state index contributed by atoms with van der Waals surface area (Å²) in [6.45, 7) is 12.2. The van der Waals surface area contributed by atoms with Crippen molar-refractivity contribution >= 4 is 22.6 Å². The smallest absolute Gasteiger partial charge is 0.124 e. The molecule has 0 aliphatic heterocycles. The van der Waals surface area contributed by atoms with Crippen LogP contribution in [0.3, 0.4) is 0 Å². The number of benzene rings is 1. The number of hydrogen-bond donors (Lipinski definition) is 0. The van der Waals surface area contributed by atoms with Gasteiger partial charge in [-0.05, 0) is 36.0 Å². The van der Waals surface area contributed by atoms with E-state index in [9.17, 15) is 0 Å². The number of aryl methyl sites for hydroxylation is 1. The molecule has 0 bridgehead atoms. The molecule has 1 heterocycles. The van der Waals surface area contributed by atoms with E-state index in [1.807, 2.05) is 0 Å². The van der Waals surface area contributed by atoms with Gasteiger partial charge in [-0.2, -0.15) is 0 Å². The minimum Gasteiger partial charge on any atom is -0.327 e. The van der Waals surface area contributed by atoms with Gasteiger partial charge >= 0.3 is 0 Å². The Hall–Kier alpha value is -1.02. The highest BCUT2D eigenvalue weighted by molar-refractivity contribution is 6.16. The summed E-state index contributed by atoms with van der Waals surface area (Å²) in [5.41, 5.74) is 3.79. The highest BCUT2D eigenvalue weighted by atomic mass is 35.5. The maximum Gasteiger partial charge on any atom is 0.124 e. The summed E-state index contributed by atoms with van der Waals surface area (Å²) in [5, 5.41) is 0. The first-order valence-corrected chi connectivity index (χ1v) is 7.38. The molecule has 3 heteroatoms. The molecule has 2 rings (SSSR count). The van der Waals surface area contributed by atoms with E-state index in [4.69, 9.17) is 11.6 Å². The molecule has 1 atom stereocenters. The molecule has 0 saturated carbocycles. The van der Waals surface area contributed by atoms with Crippen LogP contribution in [0.5, 0.6) is 0 Å². The van der Waals surface area contributed by atoms with Crippen LogP contribution >= 0.6 is 11.6 Å². The number of fused-ring (bicyclic) bond motifs is 1. The Labute approximate surface area is 120 Å². The fourth-order valence-corrected chi connectivity index (χ4v) is 2.34. The molecule has 2 nitrogen and oxygen atoms in total. The molecule has 1 aromatic heterocycles. The molecule has 1 aromatic carbocycles. The highest BCUT2D eigenvalue weighted by Crippen LogP contribution is 2.29. The van der Waals surface area contributed by atoms with E-state index in [0.29, 0.717) is 11.8 Å². The topological polar surface area (TPSA) is 17.8 Å². The summed E-state index contributed by atoms with van der Waals surface area (Å²) < 4.78 is 2.28. The first kappa shape index (κ1) is 14.4. The predicted octanol–water partition coefficient (Wildman–Crippen LogP) is 4.77. The lowest BCUT2D eigenvalue weighted by Gasteiger charge is -2.28. The van der Waals surface area contributed by atoms with Crippen LogP contribution in [0.4, 0.5) is 0 Å². The minimum absolute atomic E-state index is 0.282. The van der Waals surface area contributed by atoms with Crippen molar-refractivity contribution in [3.8, 4) is 0 Å². The summed E-state index contributed by atoms with van der Waals surface area (Å²) in [7, 11) is 0. The van der Waals surface area contributed by atoms with Crippen molar-refractivity contribution < 1.29 is 0 Å². The van der Waals surface area contributed by atoms with Crippen LogP contribution in [0.2, 0.25) is 0 Å². The van der Waals surface area contributed by atoms with Gasteiger partial charge in [-0.15, -0.1) is 11.6 Å². The van der Waals surface area contributed by atoms with Gasteiger partial charge in [0.15, 0.2) is 0 Å². The summed E-state index contributed by atoms with van der Waals surface area (Å²) in [6, 6.07) is 6.39. The molecular formula is C16H23ClN2. The van der Waals surface area contributed by atoms with Crippen LogP contribution in [-0.4, -0.2) is 9.55 Å². The number of nitrogens with zero attached hydrogens (tertiary/aromatic N) is 2. The van der Waals surface area contributed by atoms with Gasteiger partial charge in [0.05, 0.1) is 16.9 Å². The average molecular weight is 279 g/mol. The number of halogens is 1. The molecule has 0 saturated heterocycles. The largest absolute Gasteiger partial charge is 0.327 e. The Morgan fingerprint density at radius 2 is 2.00 bits per heavy atom. The first-order chi connectivity index (χ1) is 8.82. The third kappa shape index (κ3) is 2.94. The molecule has 0 aliphatic rings. The van der Waals surface area contributed by atoms with Gasteiger partial charge in [-0.25, -0.2) is 4.98 Å². The van der Waals surface area contributed by atoms with Crippen molar-refractivity contribution in [3.05, 3.63) is 29.6 Å². The van der Waals surface area contributed by atoms with Gasteiger partial charge in [0.25, 0.3) is 0 Å². The monoisotopic (exact) mass is 278 g/mol. The van der Waals surface area contributed by atoms with E-state index in [1.54, 1.807) is 0 Å². The molecule has 0 amide bonds. The first-order valence-electron chi connectivity index (χ1n) is 6.84. The molecular weight excluding hydrogens is 256 g/mol. The third-order valence-electron chi connectivity index (χ3n) is 4.04. The number of rotatable bonds is 3. The van der Waals surface area contributed by atoms with E-state index in [2.05, 4.69) is 62.4 Å². The fraction of sp³-hybridized carbons (Fsp3) is 0.562. The van der Waals surface area contributed by atoms with Gasteiger partial charge in [-0.3, -0.25) is 0 Å². The van der Waals surface area contributed by atoms with Crippen LogP contribution in [0, 0.1) is 18.3 Å². The molecule has 19 heavy (non-hydrogen) atoms. The minimum atomic E-state index is 0.282. The van der Waals surface area contributed by atoms with Gasteiger partial charge in [-0.1, -0.05) is 33.8 Å². The lowest BCUT2D eigenvalue weighted by Crippen LogP contribution is -2.23. The van der Waals surface area contributed by atoms with Gasteiger partial charge in [0, 0.05) is 6.54 Å². The van der Waals surface area contributed by atoms with Crippen molar-refractivity contribution in [1.82, 2.24) is 9.55 Å². The highest BCUT2D eigenvalue weighted by Gasteiger charge is 2.22. The Bertz CT molecular complexity index is 578. The van der Waals surface area contributed by atoms with Crippen molar-refractivity contribution in [2.24, 2.45) is 11.3 Å². The second-order valence-corrected chi connectivity index (χ2v) is 6.80. The Kier molecular flexibility index (Phi) is 3.91. The van der Waals surface area contributed by atoms with Crippen molar-refractivity contribution in [2.75, 3.05) is 0 Å². The number of imidazole rings is 1. The van der Waals surface area contributed by atoms with Gasteiger partial charge in [0.1, 0.15) is 5.82 Å². The number of aromatic nitrogens is 2. The fourth-order valence-electron chi connectivity index (χ4n) is 2.14. The van der Waals surface area contributed by atoms with Crippen LogP contribution in [-0.2, 0) is 12.4 Å². The van der Waals surface area contributed by atoms with Crippen LogP contribution in [0.15, 0.2) is 18.2 Å². The lowest BCUT2D eigenvalue weighted by atomic mass is 9.82. The Morgan fingerprint density at radius 1 is 1.32 bits per heavy atom. The van der Waals surface area contributed by atoms with Crippen LogP contribution < -0.4 is 0 Å². The molecule has 0 spiro atoms. The Morgan fingerprint density at radius 3 is 2.58 bits per heavy atom. The second kappa shape index (κ2) is 5.16. The van der Waals surface area contributed by atoms with E-state index in [-0.39, 0.29) is 5.41 Å².